The van der Waals surface area contributed by atoms with E-state index in [0.29, 0.717) is 11.4 Å². The van der Waals surface area contributed by atoms with Crippen LogP contribution in [0.2, 0.25) is 0 Å². The average molecular weight is 417 g/mol. The molecule has 1 rings (SSSR count). The summed E-state index contributed by atoms with van der Waals surface area (Å²) in [5.74, 6) is 0.866. The predicted molar refractivity (Wildman–Crippen MR) is 97.5 cm³/mol. The quantitative estimate of drug-likeness (QED) is 0.273. The average Bonchev–Trinajstić information content (AvgIpc) is 2.94. The van der Waals surface area contributed by atoms with Gasteiger partial charge in [-0.05, 0) is 19.1 Å². The van der Waals surface area contributed by atoms with Gasteiger partial charge in [-0.15, -0.1) is 24.0 Å². The second-order valence-electron chi connectivity index (χ2n) is 4.64. The molecule has 5 nitrogen and oxygen atoms in total. The number of ether oxygens (including phenoxy) is 2. The van der Waals surface area contributed by atoms with E-state index in [9.17, 15) is 0 Å². The molecule has 0 radical (unpaired) electrons. The van der Waals surface area contributed by atoms with Crippen LogP contribution in [0, 0.1) is 0 Å². The summed E-state index contributed by atoms with van der Waals surface area (Å²) >= 11 is 1.85. The number of nitrogens with zero attached hydrogens (tertiary/aromatic N) is 1. The Morgan fingerprint density at radius 3 is 2.90 bits per heavy atom. The fourth-order valence-corrected chi connectivity index (χ4v) is 1.97. The molecule has 2 unspecified atom stereocenters. The van der Waals surface area contributed by atoms with E-state index in [1.165, 1.54) is 0 Å². The molecule has 2 atom stereocenters. The highest BCUT2D eigenvalue weighted by atomic mass is 127. The van der Waals surface area contributed by atoms with Gasteiger partial charge in [0.2, 0.25) is 0 Å². The standard InChI is InChI=1S/C13H27N3O2S.HI/c1-11(19-3)9-16-13(14-2)15-6-4-7-18-12-5-8-17-10-12;/h11-12H,4-10H2,1-3H3,(H2,14,15,16);1H. The van der Waals surface area contributed by atoms with Gasteiger partial charge in [0.25, 0.3) is 0 Å². The van der Waals surface area contributed by atoms with E-state index in [2.05, 4.69) is 28.8 Å². The third kappa shape index (κ3) is 9.25. The van der Waals surface area contributed by atoms with Crippen LogP contribution >= 0.6 is 35.7 Å². The largest absolute Gasteiger partial charge is 0.379 e. The van der Waals surface area contributed by atoms with Gasteiger partial charge in [-0.25, -0.2) is 0 Å². The maximum atomic E-state index is 5.71. The summed E-state index contributed by atoms with van der Waals surface area (Å²) in [6.07, 6.45) is 4.44. The molecule has 0 bridgehead atoms. The first kappa shape index (κ1) is 20.3. The van der Waals surface area contributed by atoms with E-state index in [1.807, 2.05) is 11.8 Å². The van der Waals surface area contributed by atoms with Gasteiger partial charge in [0.05, 0.1) is 12.7 Å². The fourth-order valence-electron chi connectivity index (χ4n) is 1.72. The minimum Gasteiger partial charge on any atom is -0.379 e. The number of halogens is 1. The number of hydrogen-bond acceptors (Lipinski definition) is 4. The highest BCUT2D eigenvalue weighted by Gasteiger charge is 2.15. The molecule has 1 fully saturated rings. The van der Waals surface area contributed by atoms with E-state index >= 15 is 0 Å². The van der Waals surface area contributed by atoms with Gasteiger partial charge in [0.15, 0.2) is 5.96 Å². The Bertz CT molecular complexity index is 264. The van der Waals surface area contributed by atoms with Crippen LogP contribution in [0.15, 0.2) is 4.99 Å². The van der Waals surface area contributed by atoms with Gasteiger partial charge in [0.1, 0.15) is 0 Å². The molecular formula is C13H28IN3O2S. The van der Waals surface area contributed by atoms with Crippen LogP contribution < -0.4 is 10.6 Å². The minimum atomic E-state index is 0. The van der Waals surface area contributed by atoms with Crippen LogP contribution in [-0.2, 0) is 9.47 Å². The lowest BCUT2D eigenvalue weighted by atomic mass is 10.3. The Balaban J connectivity index is 0.00000361. The molecule has 120 valence electrons. The SMILES string of the molecule is CN=C(NCCCOC1CCOC1)NCC(C)SC.I. The van der Waals surface area contributed by atoms with Crippen LogP contribution in [0.4, 0.5) is 0 Å². The van der Waals surface area contributed by atoms with Crippen LogP contribution in [0.25, 0.3) is 0 Å². The van der Waals surface area contributed by atoms with Crippen molar-refractivity contribution >= 4 is 41.7 Å². The first-order chi connectivity index (χ1) is 9.26. The molecule has 0 aliphatic carbocycles. The van der Waals surface area contributed by atoms with Crippen molar-refractivity contribution in [1.82, 2.24) is 10.6 Å². The molecule has 0 saturated carbocycles. The number of nitrogens with one attached hydrogen (secondary N) is 2. The summed E-state index contributed by atoms with van der Waals surface area (Å²) in [7, 11) is 1.80. The van der Waals surface area contributed by atoms with Crippen molar-refractivity contribution in [3.8, 4) is 0 Å². The lowest BCUT2D eigenvalue weighted by Gasteiger charge is -2.15. The topological polar surface area (TPSA) is 54.9 Å². The van der Waals surface area contributed by atoms with Gasteiger partial charge in [0, 0.05) is 38.6 Å². The Labute approximate surface area is 144 Å². The Morgan fingerprint density at radius 2 is 2.30 bits per heavy atom. The minimum absolute atomic E-state index is 0. The van der Waals surface area contributed by atoms with Crippen molar-refractivity contribution in [1.29, 1.82) is 0 Å². The molecule has 0 aromatic heterocycles. The molecule has 1 heterocycles. The van der Waals surface area contributed by atoms with E-state index in [1.54, 1.807) is 7.05 Å². The summed E-state index contributed by atoms with van der Waals surface area (Å²) < 4.78 is 11.0. The second kappa shape index (κ2) is 13.0. The van der Waals surface area contributed by atoms with E-state index < -0.39 is 0 Å². The van der Waals surface area contributed by atoms with E-state index in [-0.39, 0.29) is 24.0 Å². The summed E-state index contributed by atoms with van der Waals surface area (Å²) in [5.41, 5.74) is 0. The van der Waals surface area contributed by atoms with Crippen molar-refractivity contribution in [2.75, 3.05) is 46.2 Å². The van der Waals surface area contributed by atoms with Gasteiger partial charge in [-0.1, -0.05) is 6.92 Å². The smallest absolute Gasteiger partial charge is 0.191 e. The van der Waals surface area contributed by atoms with Crippen molar-refractivity contribution in [2.24, 2.45) is 4.99 Å². The van der Waals surface area contributed by atoms with Crippen molar-refractivity contribution < 1.29 is 9.47 Å². The van der Waals surface area contributed by atoms with E-state index in [0.717, 1.165) is 51.7 Å². The number of aliphatic imine (C=N–C) groups is 1. The zero-order valence-corrected chi connectivity index (χ0v) is 15.8. The van der Waals surface area contributed by atoms with Crippen LogP contribution in [0.3, 0.4) is 0 Å². The molecular weight excluding hydrogens is 389 g/mol. The third-order valence-electron chi connectivity index (χ3n) is 3.04. The van der Waals surface area contributed by atoms with Gasteiger partial charge in [-0.3, -0.25) is 4.99 Å². The van der Waals surface area contributed by atoms with Gasteiger partial charge >= 0.3 is 0 Å². The molecule has 0 amide bonds. The maximum Gasteiger partial charge on any atom is 0.191 e. The monoisotopic (exact) mass is 417 g/mol. The molecule has 1 saturated heterocycles. The number of rotatable bonds is 8. The molecule has 1 aliphatic rings. The highest BCUT2D eigenvalue weighted by molar-refractivity contribution is 14.0. The summed E-state index contributed by atoms with van der Waals surface area (Å²) in [6.45, 7) is 6.37. The van der Waals surface area contributed by atoms with Crippen LogP contribution in [-0.4, -0.2) is 63.5 Å². The fraction of sp³-hybridized carbons (Fsp3) is 0.923. The Morgan fingerprint density at radius 1 is 1.50 bits per heavy atom. The zero-order chi connectivity index (χ0) is 13.9. The summed E-state index contributed by atoms with van der Waals surface area (Å²) in [4.78, 5) is 4.19. The zero-order valence-electron chi connectivity index (χ0n) is 12.7. The second-order valence-corrected chi connectivity index (χ2v) is 5.91. The van der Waals surface area contributed by atoms with Gasteiger partial charge < -0.3 is 20.1 Å². The first-order valence-electron chi connectivity index (χ1n) is 6.93. The lowest BCUT2D eigenvalue weighted by molar-refractivity contribution is 0.0420. The number of thioether (sulfide) groups is 1. The van der Waals surface area contributed by atoms with Crippen molar-refractivity contribution in [3.63, 3.8) is 0 Å². The van der Waals surface area contributed by atoms with Crippen molar-refractivity contribution in [2.45, 2.75) is 31.1 Å². The molecule has 0 spiro atoms. The number of hydrogen-bond donors (Lipinski definition) is 2. The Kier molecular flexibility index (Phi) is 13.1. The highest BCUT2D eigenvalue weighted by Crippen LogP contribution is 2.07. The maximum absolute atomic E-state index is 5.71. The lowest BCUT2D eigenvalue weighted by Crippen LogP contribution is -2.40. The molecule has 0 aromatic rings. The summed E-state index contributed by atoms with van der Waals surface area (Å²) in [5, 5.41) is 7.19. The number of guanidine groups is 1. The third-order valence-corrected chi connectivity index (χ3v) is 4.01. The van der Waals surface area contributed by atoms with Gasteiger partial charge in [-0.2, -0.15) is 11.8 Å². The molecule has 2 N–H and O–H groups in total. The van der Waals surface area contributed by atoms with Crippen molar-refractivity contribution in [3.05, 3.63) is 0 Å². The first-order valence-corrected chi connectivity index (χ1v) is 8.21. The molecule has 7 heteroatoms. The predicted octanol–water partition coefficient (Wildman–Crippen LogP) is 1.72. The van der Waals surface area contributed by atoms with E-state index in [4.69, 9.17) is 9.47 Å². The van der Waals surface area contributed by atoms with Crippen LogP contribution in [0.1, 0.15) is 19.8 Å². The molecule has 1 aliphatic heterocycles. The normalized spacial score (nSPS) is 20.4. The molecule has 20 heavy (non-hydrogen) atoms. The summed E-state index contributed by atoms with van der Waals surface area (Å²) in [6, 6.07) is 0. The molecule has 0 aromatic carbocycles. The van der Waals surface area contributed by atoms with Crippen LogP contribution in [0.5, 0.6) is 0 Å². The Hall–Kier alpha value is 0.270.